The number of benzene rings is 1. The van der Waals surface area contributed by atoms with E-state index in [-0.39, 0.29) is 24.5 Å². The van der Waals surface area contributed by atoms with Crippen LogP contribution in [0.25, 0.3) is 0 Å². The second-order valence-corrected chi connectivity index (χ2v) is 6.11. The third kappa shape index (κ3) is 5.03. The van der Waals surface area contributed by atoms with E-state index in [0.29, 0.717) is 30.8 Å². The molecule has 1 aliphatic heterocycles. The van der Waals surface area contributed by atoms with Gasteiger partial charge in [0.2, 0.25) is 0 Å². The van der Waals surface area contributed by atoms with Crippen LogP contribution in [0.5, 0.6) is 0 Å². The first-order valence-corrected chi connectivity index (χ1v) is 8.48. The molecule has 1 aliphatic rings. The molecule has 0 spiro atoms. The summed E-state index contributed by atoms with van der Waals surface area (Å²) in [5.74, 6) is -0.701. The van der Waals surface area contributed by atoms with Crippen LogP contribution in [0.2, 0.25) is 0 Å². The van der Waals surface area contributed by atoms with E-state index in [1.807, 2.05) is 20.0 Å². The smallest absolute Gasteiger partial charge is 0.338 e. The van der Waals surface area contributed by atoms with E-state index in [4.69, 9.17) is 4.74 Å². The minimum atomic E-state index is -0.421. The minimum absolute atomic E-state index is 0.270. The molecule has 0 saturated heterocycles. The van der Waals surface area contributed by atoms with Gasteiger partial charge in [0.25, 0.3) is 0 Å². The van der Waals surface area contributed by atoms with Crippen LogP contribution >= 0.6 is 0 Å². The zero-order valence-corrected chi connectivity index (χ0v) is 14.8. The van der Waals surface area contributed by atoms with Gasteiger partial charge >= 0.3 is 12.0 Å². The maximum atomic E-state index is 13.3. The number of urea groups is 1. The number of carbonyl (C=O) groups is 2. The number of rotatable bonds is 7. The fourth-order valence-electron chi connectivity index (χ4n) is 2.96. The zero-order valence-electron chi connectivity index (χ0n) is 14.8. The van der Waals surface area contributed by atoms with Gasteiger partial charge in [-0.3, -0.25) is 0 Å². The summed E-state index contributed by atoms with van der Waals surface area (Å²) >= 11 is 0. The van der Waals surface area contributed by atoms with Crippen molar-refractivity contribution in [1.82, 2.24) is 10.6 Å². The number of nitrogens with one attached hydrogen (secondary N) is 3. The minimum Gasteiger partial charge on any atom is -0.463 e. The molecule has 3 N–H and O–H groups in total. The highest BCUT2D eigenvalue weighted by atomic mass is 19.1. The summed E-state index contributed by atoms with van der Waals surface area (Å²) in [6, 6.07) is 5.71. The van der Waals surface area contributed by atoms with Crippen LogP contribution in [0.3, 0.4) is 0 Å². The number of amides is 2. The van der Waals surface area contributed by atoms with Gasteiger partial charge in [-0.25, -0.2) is 14.0 Å². The second kappa shape index (κ2) is 8.62. The van der Waals surface area contributed by atoms with Crippen LogP contribution in [-0.4, -0.2) is 38.2 Å². The Balaban J connectivity index is 2.21. The van der Waals surface area contributed by atoms with Crippen molar-refractivity contribution in [3.8, 4) is 0 Å². The van der Waals surface area contributed by atoms with E-state index in [2.05, 4.69) is 10.6 Å². The first-order valence-electron chi connectivity index (χ1n) is 8.48. The fraction of sp³-hybridized carbons (Fsp3) is 0.444. The summed E-state index contributed by atoms with van der Waals surface area (Å²) in [6.07, 6.45) is 0.591. The van der Waals surface area contributed by atoms with E-state index >= 15 is 0 Å². The second-order valence-electron chi connectivity index (χ2n) is 6.11. The molecule has 0 aliphatic carbocycles. The molecule has 0 bridgehead atoms. The van der Waals surface area contributed by atoms with Gasteiger partial charge in [0.05, 0.1) is 31.0 Å². The number of ether oxygens (including phenoxy) is 1. The summed E-state index contributed by atoms with van der Waals surface area (Å²) in [5.41, 5.74) is 1.87. The van der Waals surface area contributed by atoms with Crippen LogP contribution in [0.15, 0.2) is 35.5 Å². The van der Waals surface area contributed by atoms with Gasteiger partial charge in [0, 0.05) is 5.56 Å². The molecule has 2 rings (SSSR count). The number of hydrogen-bond acceptors (Lipinski definition) is 3. The van der Waals surface area contributed by atoms with Gasteiger partial charge in [-0.2, -0.15) is 0 Å². The van der Waals surface area contributed by atoms with Crippen molar-refractivity contribution in [3.05, 3.63) is 46.9 Å². The predicted octanol–water partition coefficient (Wildman–Crippen LogP) is 0.749. The van der Waals surface area contributed by atoms with Crippen molar-refractivity contribution in [2.45, 2.75) is 32.9 Å². The molecule has 2 amide bonds. The lowest BCUT2D eigenvalue weighted by Gasteiger charge is -2.29. The number of hydrogen-bond donors (Lipinski definition) is 3. The van der Waals surface area contributed by atoms with E-state index < -0.39 is 5.97 Å². The first kappa shape index (κ1) is 18.9. The van der Waals surface area contributed by atoms with Gasteiger partial charge < -0.3 is 20.3 Å². The van der Waals surface area contributed by atoms with Crippen molar-refractivity contribution in [3.63, 3.8) is 0 Å². The molecule has 1 aromatic carbocycles. The molecule has 0 saturated carbocycles. The summed E-state index contributed by atoms with van der Waals surface area (Å²) in [6.45, 7) is 4.91. The number of likely N-dealkylation sites (N-methyl/N-ethyl adjacent to an activating group) is 1. The number of esters is 1. The number of quaternary nitrogens is 1. The predicted molar refractivity (Wildman–Crippen MR) is 91.3 cm³/mol. The highest BCUT2D eigenvalue weighted by Gasteiger charge is 2.32. The average molecular weight is 350 g/mol. The van der Waals surface area contributed by atoms with Gasteiger partial charge in [0.1, 0.15) is 18.9 Å². The van der Waals surface area contributed by atoms with Crippen molar-refractivity contribution < 1.29 is 23.6 Å². The Kier molecular flexibility index (Phi) is 6.52. The molecule has 7 heteroatoms. The normalized spacial score (nSPS) is 18.4. The van der Waals surface area contributed by atoms with E-state index in [1.165, 1.54) is 12.1 Å². The molecule has 2 atom stereocenters. The third-order valence-electron chi connectivity index (χ3n) is 4.02. The largest absolute Gasteiger partial charge is 0.463 e. The Morgan fingerprint density at radius 2 is 2.08 bits per heavy atom. The summed E-state index contributed by atoms with van der Waals surface area (Å²) in [7, 11) is 1.93. The molecular formula is C18H25FN3O3+. The first-order chi connectivity index (χ1) is 11.9. The highest BCUT2D eigenvalue weighted by Crippen LogP contribution is 2.16. The Labute approximate surface area is 147 Å². The quantitative estimate of drug-likeness (QED) is 0.636. The summed E-state index contributed by atoms with van der Waals surface area (Å²) in [4.78, 5) is 25.2. The van der Waals surface area contributed by atoms with Crippen LogP contribution in [-0.2, 0) is 16.1 Å². The Hall–Kier alpha value is -2.41. The Morgan fingerprint density at radius 3 is 2.72 bits per heavy atom. The van der Waals surface area contributed by atoms with Crippen molar-refractivity contribution >= 4 is 12.0 Å². The highest BCUT2D eigenvalue weighted by molar-refractivity contribution is 5.94. The van der Waals surface area contributed by atoms with Gasteiger partial charge in [-0.1, -0.05) is 19.1 Å². The lowest BCUT2D eigenvalue weighted by molar-refractivity contribution is -0.889. The lowest BCUT2D eigenvalue weighted by Crippen LogP contribution is -3.08. The molecule has 0 fully saturated rings. The van der Waals surface area contributed by atoms with E-state index in [0.717, 1.165) is 10.5 Å². The number of carbonyl (C=O) groups excluding carboxylic acids is 2. The standard InChI is InChI=1S/C18H24FN3O3/c1-4-14-16(17(23)25-5-2)15(21-18(24)20-14)11-22(3)10-12-7-6-8-13(19)9-12/h6-9,14H,4-5,10-11H2,1-3H3,(H2,20,21,24)/p+1/t14-/m1/s1. The fourth-order valence-corrected chi connectivity index (χ4v) is 2.96. The van der Waals surface area contributed by atoms with Crippen LogP contribution < -0.4 is 15.5 Å². The monoisotopic (exact) mass is 350 g/mol. The lowest BCUT2D eigenvalue weighted by atomic mass is 10.00. The molecule has 0 radical (unpaired) electrons. The van der Waals surface area contributed by atoms with E-state index in [1.54, 1.807) is 13.0 Å². The van der Waals surface area contributed by atoms with Crippen LogP contribution in [0.1, 0.15) is 25.8 Å². The van der Waals surface area contributed by atoms with Crippen molar-refractivity contribution in [2.75, 3.05) is 20.2 Å². The molecule has 0 aromatic heterocycles. The molecule has 1 unspecified atom stereocenters. The molecule has 25 heavy (non-hydrogen) atoms. The molecule has 6 nitrogen and oxygen atoms in total. The Morgan fingerprint density at radius 1 is 1.32 bits per heavy atom. The summed E-state index contributed by atoms with van der Waals surface area (Å²) < 4.78 is 18.5. The average Bonchev–Trinajstić information content (AvgIpc) is 2.54. The SMILES string of the molecule is CCOC(=O)C1=C(C[NH+](C)Cc2cccc(F)c2)NC(=O)N[C@@H]1CC. The van der Waals surface area contributed by atoms with Gasteiger partial charge in [0.15, 0.2) is 0 Å². The maximum Gasteiger partial charge on any atom is 0.338 e. The Bertz CT molecular complexity index is 675. The zero-order chi connectivity index (χ0) is 18.4. The van der Waals surface area contributed by atoms with Crippen molar-refractivity contribution in [1.29, 1.82) is 0 Å². The van der Waals surface area contributed by atoms with Crippen molar-refractivity contribution in [2.24, 2.45) is 0 Å². The number of halogens is 1. The molecule has 1 heterocycles. The van der Waals surface area contributed by atoms with E-state index in [9.17, 15) is 14.0 Å². The maximum absolute atomic E-state index is 13.3. The molecule has 136 valence electrons. The third-order valence-corrected chi connectivity index (χ3v) is 4.02. The van der Waals surface area contributed by atoms with Gasteiger partial charge in [-0.05, 0) is 25.5 Å². The van der Waals surface area contributed by atoms with Crippen LogP contribution in [0.4, 0.5) is 9.18 Å². The van der Waals surface area contributed by atoms with Crippen LogP contribution in [0, 0.1) is 5.82 Å². The summed E-state index contributed by atoms with van der Waals surface area (Å²) in [5, 5.41) is 5.48. The molecule has 1 aromatic rings. The van der Waals surface area contributed by atoms with Gasteiger partial charge in [-0.15, -0.1) is 0 Å². The molecular weight excluding hydrogens is 325 g/mol. The topological polar surface area (TPSA) is 71.9 Å².